The van der Waals surface area contributed by atoms with E-state index >= 15 is 0 Å². The summed E-state index contributed by atoms with van der Waals surface area (Å²) in [5.41, 5.74) is 0. The topological polar surface area (TPSA) is 112 Å². The number of amides is 1. The molecular formula is C13H12N4O5. The zero-order valence-electron chi connectivity index (χ0n) is 11.4. The maximum atomic E-state index is 12.2. The van der Waals surface area contributed by atoms with Crippen molar-refractivity contribution in [3.8, 4) is 5.88 Å². The third kappa shape index (κ3) is 2.87. The van der Waals surface area contributed by atoms with Gasteiger partial charge >= 0.3 is 5.88 Å². The molecular weight excluding hydrogens is 292 g/mol. The van der Waals surface area contributed by atoms with Crippen molar-refractivity contribution < 1.29 is 18.9 Å². The summed E-state index contributed by atoms with van der Waals surface area (Å²) < 4.78 is 10.5. The van der Waals surface area contributed by atoms with E-state index in [1.54, 1.807) is 18.3 Å². The van der Waals surface area contributed by atoms with Gasteiger partial charge < -0.3 is 14.1 Å². The normalized spacial score (nSPS) is 17.5. The molecule has 2 aromatic rings. The summed E-state index contributed by atoms with van der Waals surface area (Å²) in [6, 6.07) is 5.86. The van der Waals surface area contributed by atoms with E-state index in [-0.39, 0.29) is 11.9 Å². The fraction of sp³-hybridized carbons (Fsp3) is 0.308. The minimum atomic E-state index is -0.680. The third-order valence-electron chi connectivity index (χ3n) is 3.25. The first kappa shape index (κ1) is 14.0. The average Bonchev–Trinajstić information content (AvgIpc) is 3.17. The highest BCUT2D eigenvalue weighted by Crippen LogP contribution is 2.21. The van der Waals surface area contributed by atoms with Gasteiger partial charge in [0.15, 0.2) is 5.76 Å². The Morgan fingerprint density at radius 1 is 1.45 bits per heavy atom. The zero-order chi connectivity index (χ0) is 15.5. The second kappa shape index (κ2) is 5.80. The number of likely N-dealkylation sites (tertiary alicyclic amines) is 1. The lowest BCUT2D eigenvalue weighted by Crippen LogP contribution is -2.30. The number of rotatable bonds is 4. The van der Waals surface area contributed by atoms with Crippen molar-refractivity contribution in [1.29, 1.82) is 0 Å². The lowest BCUT2D eigenvalue weighted by atomic mass is 10.3. The lowest BCUT2D eigenvalue weighted by Gasteiger charge is -2.15. The van der Waals surface area contributed by atoms with Crippen LogP contribution >= 0.6 is 0 Å². The fourth-order valence-electron chi connectivity index (χ4n) is 2.23. The molecule has 2 aromatic heterocycles. The van der Waals surface area contributed by atoms with Gasteiger partial charge in [-0.25, -0.2) is 0 Å². The molecule has 0 aliphatic carbocycles. The van der Waals surface area contributed by atoms with Crippen molar-refractivity contribution >= 4 is 11.8 Å². The molecule has 0 aromatic carbocycles. The summed E-state index contributed by atoms with van der Waals surface area (Å²) >= 11 is 0. The van der Waals surface area contributed by atoms with Gasteiger partial charge in [0, 0.05) is 25.2 Å². The number of hydrogen-bond acceptors (Lipinski definition) is 7. The maximum Gasteiger partial charge on any atom is 0.433 e. The summed E-state index contributed by atoms with van der Waals surface area (Å²) in [5, 5.41) is 18.1. The number of hydrogen-bond donors (Lipinski definition) is 0. The molecule has 1 unspecified atom stereocenters. The number of furan rings is 1. The highest BCUT2D eigenvalue weighted by Gasteiger charge is 2.31. The second-order valence-electron chi connectivity index (χ2n) is 4.74. The van der Waals surface area contributed by atoms with E-state index in [1.165, 1.54) is 11.0 Å². The Balaban J connectivity index is 1.62. The Bertz CT molecular complexity index is 687. The van der Waals surface area contributed by atoms with Gasteiger partial charge in [-0.15, -0.1) is 5.10 Å². The van der Waals surface area contributed by atoms with Gasteiger partial charge in [-0.3, -0.25) is 14.9 Å². The number of carbonyl (C=O) groups excluding carboxylic acids is 1. The molecule has 3 rings (SSSR count). The van der Waals surface area contributed by atoms with Crippen molar-refractivity contribution in [1.82, 2.24) is 15.1 Å². The summed E-state index contributed by atoms with van der Waals surface area (Å²) in [6.45, 7) is 0.849. The van der Waals surface area contributed by atoms with Crippen molar-refractivity contribution in [3.63, 3.8) is 0 Å². The highest BCUT2D eigenvalue weighted by atomic mass is 16.6. The number of nitro groups is 1. The third-order valence-corrected chi connectivity index (χ3v) is 3.25. The molecule has 9 heteroatoms. The van der Waals surface area contributed by atoms with Crippen molar-refractivity contribution in [2.75, 3.05) is 13.1 Å². The molecule has 0 bridgehead atoms. The number of aromatic nitrogens is 2. The van der Waals surface area contributed by atoms with Gasteiger partial charge in [0.1, 0.15) is 11.0 Å². The van der Waals surface area contributed by atoms with Crippen molar-refractivity contribution in [2.24, 2.45) is 0 Å². The predicted molar refractivity (Wildman–Crippen MR) is 72.3 cm³/mol. The predicted octanol–water partition coefficient (Wildman–Crippen LogP) is 1.27. The molecule has 0 radical (unpaired) electrons. The van der Waals surface area contributed by atoms with Gasteiger partial charge in [0.25, 0.3) is 5.91 Å². The van der Waals surface area contributed by atoms with E-state index in [2.05, 4.69) is 10.2 Å². The van der Waals surface area contributed by atoms with Crippen LogP contribution < -0.4 is 4.74 Å². The first-order chi connectivity index (χ1) is 10.6. The van der Waals surface area contributed by atoms with Crippen LogP contribution in [0.3, 0.4) is 0 Å². The fourth-order valence-corrected chi connectivity index (χ4v) is 2.23. The van der Waals surface area contributed by atoms with Gasteiger partial charge in [0.2, 0.25) is 5.88 Å². The van der Waals surface area contributed by atoms with E-state index in [0.29, 0.717) is 25.4 Å². The minimum Gasteiger partial charge on any atom is -0.471 e. The molecule has 1 aliphatic rings. The Labute approximate surface area is 124 Å². The van der Waals surface area contributed by atoms with E-state index < -0.39 is 16.7 Å². The molecule has 114 valence electrons. The molecule has 0 N–H and O–H groups in total. The van der Waals surface area contributed by atoms with E-state index in [4.69, 9.17) is 9.15 Å². The Morgan fingerprint density at radius 2 is 2.32 bits per heavy atom. The summed E-state index contributed by atoms with van der Waals surface area (Å²) in [7, 11) is 0. The van der Waals surface area contributed by atoms with Gasteiger partial charge in [-0.2, -0.15) is 5.10 Å². The molecule has 9 nitrogen and oxygen atoms in total. The summed E-state index contributed by atoms with van der Waals surface area (Å²) in [6.07, 6.45) is 2.00. The summed E-state index contributed by atoms with van der Waals surface area (Å²) in [5.74, 6) is -0.490. The Kier molecular flexibility index (Phi) is 3.69. The molecule has 1 atom stereocenters. The van der Waals surface area contributed by atoms with E-state index in [1.807, 2.05) is 0 Å². The van der Waals surface area contributed by atoms with Gasteiger partial charge in [-0.05, 0) is 12.1 Å². The number of ether oxygens (including phenoxy) is 1. The van der Waals surface area contributed by atoms with Crippen LogP contribution in [0.2, 0.25) is 0 Å². The average molecular weight is 304 g/mol. The van der Waals surface area contributed by atoms with Crippen LogP contribution in [-0.2, 0) is 0 Å². The Hall–Kier alpha value is -2.97. The molecule has 1 aliphatic heterocycles. The van der Waals surface area contributed by atoms with Crippen LogP contribution in [0.1, 0.15) is 17.0 Å². The largest absolute Gasteiger partial charge is 0.471 e. The number of carbonyl (C=O) groups is 1. The monoisotopic (exact) mass is 304 g/mol. The lowest BCUT2D eigenvalue weighted by molar-refractivity contribution is -0.402. The SMILES string of the molecule is O=C(c1ccc([N+](=O)[O-])o1)N1CCC(Oc2cccnn2)C1. The molecule has 1 fully saturated rings. The van der Waals surface area contributed by atoms with Gasteiger partial charge in [0.05, 0.1) is 12.6 Å². The quantitative estimate of drug-likeness (QED) is 0.617. The molecule has 1 amide bonds. The number of nitrogens with zero attached hydrogens (tertiary/aromatic N) is 4. The molecule has 1 saturated heterocycles. The molecule has 22 heavy (non-hydrogen) atoms. The highest BCUT2D eigenvalue weighted by molar-refractivity contribution is 5.92. The van der Waals surface area contributed by atoms with Crippen LogP contribution in [0.25, 0.3) is 0 Å². The Morgan fingerprint density at radius 3 is 3.00 bits per heavy atom. The van der Waals surface area contributed by atoms with E-state index in [0.717, 1.165) is 6.07 Å². The first-order valence-corrected chi connectivity index (χ1v) is 6.61. The minimum absolute atomic E-state index is 0.0492. The van der Waals surface area contributed by atoms with Crippen LogP contribution in [0.15, 0.2) is 34.9 Å². The van der Waals surface area contributed by atoms with Crippen molar-refractivity contribution in [2.45, 2.75) is 12.5 Å². The first-order valence-electron chi connectivity index (χ1n) is 6.61. The zero-order valence-corrected chi connectivity index (χ0v) is 11.4. The van der Waals surface area contributed by atoms with E-state index in [9.17, 15) is 14.9 Å². The molecule has 0 spiro atoms. The van der Waals surface area contributed by atoms with Crippen LogP contribution in [0.5, 0.6) is 5.88 Å². The summed E-state index contributed by atoms with van der Waals surface area (Å²) in [4.78, 5) is 23.6. The second-order valence-corrected chi connectivity index (χ2v) is 4.74. The maximum absolute atomic E-state index is 12.2. The molecule has 3 heterocycles. The van der Waals surface area contributed by atoms with Crippen LogP contribution in [0.4, 0.5) is 5.88 Å². The van der Waals surface area contributed by atoms with Crippen LogP contribution in [-0.4, -0.2) is 45.1 Å². The van der Waals surface area contributed by atoms with Crippen LogP contribution in [0, 0.1) is 10.1 Å². The smallest absolute Gasteiger partial charge is 0.433 e. The van der Waals surface area contributed by atoms with Gasteiger partial charge in [-0.1, -0.05) is 0 Å². The van der Waals surface area contributed by atoms with Crippen molar-refractivity contribution in [3.05, 3.63) is 46.3 Å². The molecule has 0 saturated carbocycles. The standard InChI is InChI=1S/C13H12N4O5/c18-13(10-3-4-12(22-10)17(19)20)16-7-5-9(8-16)21-11-2-1-6-14-15-11/h1-4,6,9H,5,7-8H2.